The molecule has 16 heteroatoms. The lowest BCUT2D eigenvalue weighted by Gasteiger charge is -2.20. The van der Waals surface area contributed by atoms with Gasteiger partial charge in [0, 0.05) is 10.0 Å². The molecule has 0 fully saturated rings. The van der Waals surface area contributed by atoms with Crippen molar-refractivity contribution in [3.05, 3.63) is 115 Å². The second-order valence-corrected chi connectivity index (χ2v) is 15.2. The molecular weight excluding hydrogens is 787 g/mol. The number of para-hydroxylation sites is 2. The summed E-state index contributed by atoms with van der Waals surface area (Å²) in [5, 5.41) is 1.82. The number of hydrogen-bond acceptors (Lipinski definition) is 8. The number of unbranched alkanes of at least 4 members (excludes halogenated alkanes) is 2. The number of hydrogen-bond donors (Lipinski definition) is 0. The fourth-order valence-corrected chi connectivity index (χ4v) is 7.45. The van der Waals surface area contributed by atoms with Gasteiger partial charge in [0.1, 0.15) is 0 Å². The topological polar surface area (TPSA) is 89.5 Å². The normalized spacial score (nSPS) is 11.3. The molecular formula is C32H32Cl6O8P2. The van der Waals surface area contributed by atoms with Crippen LogP contribution in [0.1, 0.15) is 39.5 Å². The van der Waals surface area contributed by atoms with Crippen LogP contribution in [0.25, 0.3) is 0 Å². The number of benzene rings is 4. The maximum absolute atomic E-state index is 13.1. The van der Waals surface area contributed by atoms with Gasteiger partial charge < -0.3 is 18.1 Å². The summed E-state index contributed by atoms with van der Waals surface area (Å²) in [5.74, 6) is 0.689. The van der Waals surface area contributed by atoms with Crippen LogP contribution in [0.4, 0.5) is 0 Å². The molecule has 8 nitrogen and oxygen atoms in total. The van der Waals surface area contributed by atoms with E-state index >= 15 is 0 Å². The van der Waals surface area contributed by atoms with Crippen LogP contribution in [-0.4, -0.2) is 13.2 Å². The SMILES string of the molecule is CCCCOP(=O)(Oc1ccc(Cl)cc1Cl)Oc1ccc(Cl)cc1Cl.CCCCOP(=O)(Oc1ccccc1Cl)Oc1ccccc1Cl. The van der Waals surface area contributed by atoms with E-state index in [0.29, 0.717) is 26.5 Å². The van der Waals surface area contributed by atoms with Crippen LogP contribution < -0.4 is 18.1 Å². The van der Waals surface area contributed by atoms with Gasteiger partial charge in [-0.15, -0.1) is 0 Å². The Morgan fingerprint density at radius 1 is 0.479 bits per heavy atom. The minimum atomic E-state index is -4.03. The molecule has 0 N–H and O–H groups in total. The first kappa shape index (κ1) is 40.6. The van der Waals surface area contributed by atoms with Crippen molar-refractivity contribution in [3.8, 4) is 23.0 Å². The van der Waals surface area contributed by atoms with E-state index in [0.717, 1.165) is 19.3 Å². The Morgan fingerprint density at radius 2 is 0.812 bits per heavy atom. The summed E-state index contributed by atoms with van der Waals surface area (Å²) >= 11 is 35.9. The molecule has 48 heavy (non-hydrogen) atoms. The molecule has 0 amide bonds. The Balaban J connectivity index is 0.000000261. The van der Waals surface area contributed by atoms with Gasteiger partial charge in [0.2, 0.25) is 0 Å². The molecule has 0 radical (unpaired) electrons. The predicted molar refractivity (Wildman–Crippen MR) is 195 cm³/mol. The van der Waals surface area contributed by atoms with Gasteiger partial charge in [-0.2, -0.15) is 0 Å². The molecule has 0 unspecified atom stereocenters. The van der Waals surface area contributed by atoms with Crippen molar-refractivity contribution in [1.82, 2.24) is 0 Å². The number of phosphoric acid groups is 2. The first-order chi connectivity index (χ1) is 22.9. The van der Waals surface area contributed by atoms with Crippen molar-refractivity contribution in [2.45, 2.75) is 39.5 Å². The largest absolute Gasteiger partial charge is 0.587 e. The summed E-state index contributed by atoms with van der Waals surface area (Å²) in [6.07, 6.45) is 3.14. The molecule has 4 aromatic carbocycles. The van der Waals surface area contributed by atoms with Crippen LogP contribution in [-0.2, 0) is 18.2 Å². The van der Waals surface area contributed by atoms with Crippen molar-refractivity contribution in [2.24, 2.45) is 0 Å². The zero-order valence-corrected chi connectivity index (χ0v) is 32.1. The average Bonchev–Trinajstić information content (AvgIpc) is 3.03. The van der Waals surface area contributed by atoms with E-state index in [1.54, 1.807) is 60.7 Å². The monoisotopic (exact) mass is 816 g/mol. The van der Waals surface area contributed by atoms with E-state index in [1.165, 1.54) is 24.3 Å². The van der Waals surface area contributed by atoms with Gasteiger partial charge in [-0.3, -0.25) is 9.05 Å². The minimum absolute atomic E-state index is 0.121. The first-order valence-corrected chi connectivity index (χ1v) is 19.7. The van der Waals surface area contributed by atoms with Crippen LogP contribution in [0.15, 0.2) is 84.9 Å². The Labute approximate surface area is 310 Å². The van der Waals surface area contributed by atoms with Gasteiger partial charge in [0.05, 0.1) is 33.3 Å². The molecule has 0 atom stereocenters. The molecule has 4 rings (SSSR count). The molecule has 4 aromatic rings. The van der Waals surface area contributed by atoms with Crippen LogP contribution in [0.5, 0.6) is 23.0 Å². The van der Waals surface area contributed by atoms with Crippen LogP contribution in [0.2, 0.25) is 30.1 Å². The van der Waals surface area contributed by atoms with E-state index < -0.39 is 15.6 Å². The zero-order chi connectivity index (χ0) is 35.2. The third-order valence-electron chi connectivity index (χ3n) is 5.80. The summed E-state index contributed by atoms with van der Waals surface area (Å²) in [4.78, 5) is 0. The average molecular weight is 819 g/mol. The molecule has 0 saturated heterocycles. The molecule has 0 heterocycles. The highest BCUT2D eigenvalue weighted by Crippen LogP contribution is 2.53. The van der Waals surface area contributed by atoms with Crippen molar-refractivity contribution in [3.63, 3.8) is 0 Å². The Hall–Kier alpha value is -1.80. The van der Waals surface area contributed by atoms with Crippen LogP contribution in [0, 0.1) is 0 Å². The van der Waals surface area contributed by atoms with Crippen molar-refractivity contribution >= 4 is 85.3 Å². The molecule has 0 aromatic heterocycles. The van der Waals surface area contributed by atoms with Crippen molar-refractivity contribution < 1.29 is 36.3 Å². The maximum Gasteiger partial charge on any atom is 0.587 e. The third-order valence-corrected chi connectivity index (χ3v) is 10.2. The fraction of sp³-hybridized carbons (Fsp3) is 0.250. The summed E-state index contributed by atoms with van der Waals surface area (Å²) in [7, 11) is -7.95. The molecule has 0 aliphatic heterocycles. The number of rotatable bonds is 16. The molecule has 0 spiro atoms. The van der Waals surface area contributed by atoms with Gasteiger partial charge in [0.15, 0.2) is 23.0 Å². The Kier molecular flexibility index (Phi) is 17.1. The Morgan fingerprint density at radius 3 is 1.12 bits per heavy atom. The quantitative estimate of drug-likeness (QED) is 0.0816. The van der Waals surface area contributed by atoms with Crippen molar-refractivity contribution in [1.29, 1.82) is 0 Å². The predicted octanol–water partition coefficient (Wildman–Crippen LogP) is 14.1. The van der Waals surface area contributed by atoms with E-state index in [9.17, 15) is 9.13 Å². The lowest BCUT2D eigenvalue weighted by molar-refractivity contribution is 0.205. The standard InChI is InChI=1S/C16H15Cl4O4P.C16H17Cl2O4P/c1-2-3-8-22-25(21,23-15-6-4-11(17)9-13(15)19)24-16-7-5-12(18)10-14(16)20;1-2-3-12-20-23(19,21-15-10-6-4-8-13(15)17)22-16-11-7-5-9-14(16)18/h4-7,9-10H,2-3,8H2,1H3;4-11H,2-3,12H2,1H3. The van der Waals surface area contributed by atoms with E-state index in [1.807, 2.05) is 13.8 Å². The summed E-state index contributed by atoms with van der Waals surface area (Å²) in [5.41, 5.74) is 0. The van der Waals surface area contributed by atoms with Gasteiger partial charge in [-0.05, 0) is 73.5 Å². The molecule has 0 aliphatic rings. The molecule has 0 saturated carbocycles. The maximum atomic E-state index is 13.1. The molecule has 260 valence electrons. The van der Waals surface area contributed by atoms with Gasteiger partial charge in [-0.25, -0.2) is 9.13 Å². The molecule has 0 aliphatic carbocycles. The van der Waals surface area contributed by atoms with Crippen LogP contribution >= 0.6 is 85.3 Å². The second kappa shape index (κ2) is 20.1. The number of phosphoric ester groups is 2. The van der Waals surface area contributed by atoms with E-state index in [4.69, 9.17) is 96.7 Å². The zero-order valence-electron chi connectivity index (χ0n) is 25.8. The van der Waals surface area contributed by atoms with Crippen molar-refractivity contribution in [2.75, 3.05) is 13.2 Å². The van der Waals surface area contributed by atoms with E-state index in [2.05, 4.69) is 0 Å². The lowest BCUT2D eigenvalue weighted by atomic mass is 10.3. The first-order valence-electron chi connectivity index (χ1n) is 14.5. The fourth-order valence-electron chi connectivity index (χ4n) is 3.40. The van der Waals surface area contributed by atoms with Crippen LogP contribution in [0.3, 0.4) is 0 Å². The van der Waals surface area contributed by atoms with Gasteiger partial charge in [0.25, 0.3) is 0 Å². The summed E-state index contributed by atoms with van der Waals surface area (Å²) in [6.45, 7) is 4.40. The highest BCUT2D eigenvalue weighted by Gasteiger charge is 2.33. The second-order valence-electron chi connectivity index (χ2n) is 9.64. The number of halogens is 6. The highest BCUT2D eigenvalue weighted by molar-refractivity contribution is 7.49. The summed E-state index contributed by atoms with van der Waals surface area (Å²) < 4.78 is 58.6. The highest BCUT2D eigenvalue weighted by atomic mass is 35.5. The summed E-state index contributed by atoms with van der Waals surface area (Å²) in [6, 6.07) is 22.3. The van der Waals surface area contributed by atoms with E-state index in [-0.39, 0.29) is 46.3 Å². The lowest BCUT2D eigenvalue weighted by Crippen LogP contribution is -2.06. The minimum Gasteiger partial charge on any atom is -0.393 e. The third kappa shape index (κ3) is 13.5. The van der Waals surface area contributed by atoms with Gasteiger partial charge in [-0.1, -0.05) is 121 Å². The van der Waals surface area contributed by atoms with Gasteiger partial charge >= 0.3 is 15.6 Å². The smallest absolute Gasteiger partial charge is 0.393 e. The Bertz CT molecular complexity index is 1620. The molecule has 0 bridgehead atoms.